The number of hydrogen-bond donors (Lipinski definition) is 1. The molecule has 0 bridgehead atoms. The van der Waals surface area contributed by atoms with Crippen molar-refractivity contribution in [1.29, 1.82) is 0 Å². The first-order chi connectivity index (χ1) is 10.1. The van der Waals surface area contributed by atoms with Crippen LogP contribution in [-0.2, 0) is 29.5 Å². The summed E-state index contributed by atoms with van der Waals surface area (Å²) in [6, 6.07) is 2.05. The largest absolute Gasteiger partial charge is 0.481 e. The van der Waals surface area contributed by atoms with E-state index in [2.05, 4.69) is 29.9 Å². The van der Waals surface area contributed by atoms with Crippen molar-refractivity contribution in [2.24, 2.45) is 13.0 Å². The molecule has 2 heterocycles. The molecule has 0 saturated carbocycles. The standard InChI is InChI=1S/C15H25N3O3/c1-4-6-18(14-10-21-9-13(14)15(19)20)8-12-7-11(5-2)16-17(12)3/h7,13-14H,4-6,8-10H2,1-3H3,(H,19,20). The van der Waals surface area contributed by atoms with Crippen molar-refractivity contribution in [2.45, 2.75) is 39.3 Å². The van der Waals surface area contributed by atoms with E-state index >= 15 is 0 Å². The van der Waals surface area contributed by atoms with Crippen LogP contribution in [0.5, 0.6) is 0 Å². The molecule has 0 aliphatic carbocycles. The van der Waals surface area contributed by atoms with Gasteiger partial charge >= 0.3 is 5.97 Å². The third-order valence-corrected chi connectivity index (χ3v) is 4.10. The lowest BCUT2D eigenvalue weighted by Crippen LogP contribution is -2.43. The molecule has 2 atom stereocenters. The summed E-state index contributed by atoms with van der Waals surface area (Å²) < 4.78 is 7.30. The lowest BCUT2D eigenvalue weighted by Gasteiger charge is -2.29. The van der Waals surface area contributed by atoms with E-state index in [9.17, 15) is 9.90 Å². The number of hydrogen-bond acceptors (Lipinski definition) is 4. The third-order valence-electron chi connectivity index (χ3n) is 4.10. The van der Waals surface area contributed by atoms with Crippen LogP contribution in [0.3, 0.4) is 0 Å². The molecular weight excluding hydrogens is 270 g/mol. The zero-order valence-electron chi connectivity index (χ0n) is 13.1. The Labute approximate surface area is 125 Å². The molecule has 1 N–H and O–H groups in total. The number of ether oxygens (including phenoxy) is 1. The van der Waals surface area contributed by atoms with Gasteiger partial charge in [0.1, 0.15) is 0 Å². The SMILES string of the molecule is CCCN(Cc1cc(CC)nn1C)C1COCC1C(=O)O. The normalized spacial score (nSPS) is 22.1. The highest BCUT2D eigenvalue weighted by Gasteiger charge is 2.37. The maximum atomic E-state index is 11.4. The fourth-order valence-corrected chi connectivity index (χ4v) is 2.89. The fraction of sp³-hybridized carbons (Fsp3) is 0.733. The number of rotatable bonds is 7. The van der Waals surface area contributed by atoms with Crippen LogP contribution in [0, 0.1) is 5.92 Å². The molecule has 2 unspecified atom stereocenters. The van der Waals surface area contributed by atoms with Crippen LogP contribution in [-0.4, -0.2) is 51.6 Å². The van der Waals surface area contributed by atoms with E-state index < -0.39 is 11.9 Å². The second kappa shape index (κ2) is 7.04. The van der Waals surface area contributed by atoms with Crippen molar-refractivity contribution in [2.75, 3.05) is 19.8 Å². The molecule has 6 heteroatoms. The van der Waals surface area contributed by atoms with E-state index in [0.29, 0.717) is 13.2 Å². The summed E-state index contributed by atoms with van der Waals surface area (Å²) in [6.07, 6.45) is 1.90. The Kier molecular flexibility index (Phi) is 5.36. The minimum absolute atomic E-state index is 0.0533. The Morgan fingerprint density at radius 3 is 2.86 bits per heavy atom. The highest BCUT2D eigenvalue weighted by atomic mass is 16.5. The first-order valence-electron chi connectivity index (χ1n) is 7.63. The molecule has 6 nitrogen and oxygen atoms in total. The van der Waals surface area contributed by atoms with Crippen molar-refractivity contribution in [3.05, 3.63) is 17.5 Å². The predicted octanol–water partition coefficient (Wildman–Crippen LogP) is 1.29. The van der Waals surface area contributed by atoms with Gasteiger partial charge in [0.2, 0.25) is 0 Å². The molecule has 0 spiro atoms. The van der Waals surface area contributed by atoms with Gasteiger partial charge in [-0.3, -0.25) is 14.4 Å². The van der Waals surface area contributed by atoms with Crippen LogP contribution in [0.4, 0.5) is 0 Å². The second-order valence-electron chi connectivity index (χ2n) is 5.62. The number of aliphatic carboxylic acids is 1. The van der Waals surface area contributed by atoms with Crippen molar-refractivity contribution in [3.8, 4) is 0 Å². The van der Waals surface area contributed by atoms with E-state index in [0.717, 1.165) is 37.3 Å². The van der Waals surface area contributed by atoms with Crippen molar-refractivity contribution >= 4 is 5.97 Å². The Bertz CT molecular complexity index is 487. The van der Waals surface area contributed by atoms with Crippen LogP contribution >= 0.6 is 0 Å². The lowest BCUT2D eigenvalue weighted by atomic mass is 10.0. The average molecular weight is 295 g/mol. The third kappa shape index (κ3) is 3.63. The highest BCUT2D eigenvalue weighted by molar-refractivity contribution is 5.71. The van der Waals surface area contributed by atoms with Gasteiger partial charge in [0.15, 0.2) is 0 Å². The Morgan fingerprint density at radius 2 is 2.29 bits per heavy atom. The summed E-state index contributed by atoms with van der Waals surface area (Å²) in [5, 5.41) is 13.8. The molecule has 0 aromatic carbocycles. The van der Waals surface area contributed by atoms with Gasteiger partial charge < -0.3 is 9.84 Å². The molecule has 1 saturated heterocycles. The van der Waals surface area contributed by atoms with Gasteiger partial charge in [0.25, 0.3) is 0 Å². The van der Waals surface area contributed by atoms with Crippen LogP contribution in [0.25, 0.3) is 0 Å². The van der Waals surface area contributed by atoms with Gasteiger partial charge in [0.05, 0.1) is 30.5 Å². The molecule has 1 aromatic rings. The maximum Gasteiger partial charge on any atom is 0.310 e. The van der Waals surface area contributed by atoms with Gasteiger partial charge in [-0.25, -0.2) is 0 Å². The summed E-state index contributed by atoms with van der Waals surface area (Å²) in [5.74, 6) is -1.20. The lowest BCUT2D eigenvalue weighted by molar-refractivity contribution is -0.143. The molecule has 0 radical (unpaired) electrons. The van der Waals surface area contributed by atoms with Gasteiger partial charge in [-0.05, 0) is 25.5 Å². The van der Waals surface area contributed by atoms with E-state index in [1.165, 1.54) is 0 Å². The Balaban J connectivity index is 2.14. The Hall–Kier alpha value is -1.40. The minimum atomic E-state index is -0.766. The van der Waals surface area contributed by atoms with Gasteiger partial charge in [0, 0.05) is 19.6 Å². The van der Waals surface area contributed by atoms with Crippen molar-refractivity contribution in [1.82, 2.24) is 14.7 Å². The van der Waals surface area contributed by atoms with Gasteiger partial charge in [-0.2, -0.15) is 5.10 Å². The van der Waals surface area contributed by atoms with Gasteiger partial charge in [-0.1, -0.05) is 13.8 Å². The average Bonchev–Trinajstić information content (AvgIpc) is 3.05. The molecule has 1 aromatic heterocycles. The van der Waals surface area contributed by atoms with E-state index in [-0.39, 0.29) is 6.04 Å². The molecule has 2 rings (SSSR count). The van der Waals surface area contributed by atoms with Crippen LogP contribution in [0.15, 0.2) is 6.07 Å². The fourth-order valence-electron chi connectivity index (χ4n) is 2.89. The summed E-state index contributed by atoms with van der Waals surface area (Å²) in [6.45, 7) is 6.58. The summed E-state index contributed by atoms with van der Waals surface area (Å²) in [7, 11) is 1.94. The maximum absolute atomic E-state index is 11.4. The van der Waals surface area contributed by atoms with E-state index in [1.807, 2.05) is 11.7 Å². The number of nitrogens with zero attached hydrogens (tertiary/aromatic N) is 3. The first-order valence-corrected chi connectivity index (χ1v) is 7.63. The topological polar surface area (TPSA) is 67.6 Å². The summed E-state index contributed by atoms with van der Waals surface area (Å²) in [5.41, 5.74) is 2.19. The zero-order chi connectivity index (χ0) is 15.4. The smallest absolute Gasteiger partial charge is 0.310 e. The van der Waals surface area contributed by atoms with Crippen LogP contribution in [0.2, 0.25) is 0 Å². The number of carbonyl (C=O) groups is 1. The van der Waals surface area contributed by atoms with E-state index in [1.54, 1.807) is 0 Å². The monoisotopic (exact) mass is 295 g/mol. The quantitative estimate of drug-likeness (QED) is 0.821. The molecule has 118 valence electrons. The predicted molar refractivity (Wildman–Crippen MR) is 79.0 cm³/mol. The Morgan fingerprint density at radius 1 is 1.52 bits per heavy atom. The zero-order valence-corrected chi connectivity index (χ0v) is 13.1. The number of carboxylic acids is 1. The van der Waals surface area contributed by atoms with Gasteiger partial charge in [-0.15, -0.1) is 0 Å². The molecule has 1 aliphatic rings. The van der Waals surface area contributed by atoms with E-state index in [4.69, 9.17) is 4.74 Å². The highest BCUT2D eigenvalue weighted by Crippen LogP contribution is 2.22. The summed E-state index contributed by atoms with van der Waals surface area (Å²) >= 11 is 0. The second-order valence-corrected chi connectivity index (χ2v) is 5.62. The molecule has 21 heavy (non-hydrogen) atoms. The van der Waals surface area contributed by atoms with Crippen LogP contribution < -0.4 is 0 Å². The first kappa shape index (κ1) is 16.0. The number of carboxylic acid groups (broad SMARTS) is 1. The number of aromatic nitrogens is 2. The number of aryl methyl sites for hydroxylation is 2. The van der Waals surface area contributed by atoms with Crippen molar-refractivity contribution < 1.29 is 14.6 Å². The van der Waals surface area contributed by atoms with Crippen molar-refractivity contribution in [3.63, 3.8) is 0 Å². The molecular formula is C15H25N3O3. The minimum Gasteiger partial charge on any atom is -0.481 e. The summed E-state index contributed by atoms with van der Waals surface area (Å²) in [4.78, 5) is 13.6. The molecule has 1 aliphatic heterocycles. The van der Waals surface area contributed by atoms with Crippen LogP contribution in [0.1, 0.15) is 31.7 Å². The molecule has 0 amide bonds. The molecule has 1 fully saturated rings.